The van der Waals surface area contributed by atoms with Gasteiger partial charge in [-0.2, -0.15) is 13.2 Å². The number of alkyl halides is 3. The Hall–Kier alpha value is -3.27. The van der Waals surface area contributed by atoms with Crippen LogP contribution < -0.4 is 20.7 Å². The Balaban J connectivity index is 1.90. The van der Waals surface area contributed by atoms with Crippen LogP contribution in [0.15, 0.2) is 42.5 Å². The lowest BCUT2D eigenvalue weighted by atomic mass is 10.1. The maximum atomic E-state index is 13.5. The van der Waals surface area contributed by atoms with Crippen LogP contribution in [0.5, 0.6) is 5.75 Å². The van der Waals surface area contributed by atoms with Crippen molar-refractivity contribution in [3.8, 4) is 5.75 Å². The fourth-order valence-corrected chi connectivity index (χ4v) is 3.64. The number of anilines is 1. The van der Waals surface area contributed by atoms with Gasteiger partial charge in [-0.05, 0) is 49.2 Å². The van der Waals surface area contributed by atoms with E-state index in [-0.39, 0.29) is 36.9 Å². The van der Waals surface area contributed by atoms with E-state index in [1.807, 2.05) is 19.1 Å². The van der Waals surface area contributed by atoms with Crippen LogP contribution in [-0.2, 0) is 6.54 Å². The number of nitrogens with one attached hydrogen (secondary N) is 1. The van der Waals surface area contributed by atoms with E-state index in [0.29, 0.717) is 23.4 Å². The fourth-order valence-electron chi connectivity index (χ4n) is 3.64. The number of aryl methyl sites for hydroxylation is 1. The third kappa shape index (κ3) is 5.31. The fraction of sp³-hybridized carbons (Fsp3) is 0.364. The van der Waals surface area contributed by atoms with Gasteiger partial charge in [0.15, 0.2) is 6.61 Å². The molecule has 7 nitrogen and oxygen atoms in total. The van der Waals surface area contributed by atoms with Gasteiger partial charge in [-0.25, -0.2) is 4.79 Å². The third-order valence-corrected chi connectivity index (χ3v) is 5.19. The molecule has 0 fully saturated rings. The minimum absolute atomic E-state index is 0.00566. The predicted molar refractivity (Wildman–Crippen MR) is 113 cm³/mol. The number of hydrogen-bond acceptors (Lipinski definition) is 4. The van der Waals surface area contributed by atoms with Crippen molar-refractivity contribution >= 4 is 17.6 Å². The monoisotopic (exact) mass is 450 g/mol. The predicted octanol–water partition coefficient (Wildman–Crippen LogP) is 3.41. The summed E-state index contributed by atoms with van der Waals surface area (Å²) in [6.07, 6.45) is -4.45. The van der Waals surface area contributed by atoms with Gasteiger partial charge < -0.3 is 25.6 Å². The first-order valence-electron chi connectivity index (χ1n) is 10.0. The highest BCUT2D eigenvalue weighted by Crippen LogP contribution is 2.30. The lowest BCUT2D eigenvalue weighted by Crippen LogP contribution is -2.49. The summed E-state index contributed by atoms with van der Waals surface area (Å²) in [7, 11) is 0. The van der Waals surface area contributed by atoms with Gasteiger partial charge in [0.25, 0.3) is 5.91 Å². The number of para-hydroxylation sites is 1. The average molecular weight is 450 g/mol. The van der Waals surface area contributed by atoms with Crippen LogP contribution in [0.25, 0.3) is 0 Å². The maximum absolute atomic E-state index is 13.5. The maximum Gasteiger partial charge on any atom is 0.422 e. The van der Waals surface area contributed by atoms with Gasteiger partial charge in [0.05, 0.1) is 6.67 Å². The molecule has 0 spiro atoms. The van der Waals surface area contributed by atoms with E-state index in [9.17, 15) is 22.8 Å². The Morgan fingerprint density at radius 2 is 1.94 bits per heavy atom. The molecular weight excluding hydrogens is 425 g/mol. The standard InChI is InChI=1S/C22H25F3N4O3/c1-14-9-17(32-12-22(23,24)25)7-8-18(14)20(30)29-10-15(2)28(21(31)27-13-26)11-16-5-3-4-6-19(16)29/h3-9,15H,10-13,26H2,1-2H3,(H,27,31)/t15-/m1/s1. The van der Waals surface area contributed by atoms with Crippen LogP contribution in [0, 0.1) is 6.92 Å². The molecule has 2 aromatic carbocycles. The first-order chi connectivity index (χ1) is 15.1. The van der Waals surface area contributed by atoms with Gasteiger partial charge in [0.1, 0.15) is 5.75 Å². The molecule has 3 rings (SSSR count). The second-order valence-electron chi connectivity index (χ2n) is 7.59. The summed E-state index contributed by atoms with van der Waals surface area (Å²) in [6, 6.07) is 10.9. The Kier molecular flexibility index (Phi) is 6.93. The highest BCUT2D eigenvalue weighted by atomic mass is 19.4. The molecule has 2 aromatic rings. The number of urea groups is 1. The SMILES string of the molecule is Cc1cc(OCC(F)(F)F)ccc1C(=O)N1C[C@@H](C)N(C(=O)NCN)Cc2ccccc21. The molecule has 0 saturated carbocycles. The lowest BCUT2D eigenvalue weighted by molar-refractivity contribution is -0.153. The molecule has 0 aromatic heterocycles. The van der Waals surface area contributed by atoms with Crippen LogP contribution in [0.3, 0.4) is 0 Å². The van der Waals surface area contributed by atoms with Crippen molar-refractivity contribution in [1.82, 2.24) is 10.2 Å². The van der Waals surface area contributed by atoms with Gasteiger partial charge in [-0.3, -0.25) is 4.79 Å². The summed E-state index contributed by atoms with van der Waals surface area (Å²) in [5.74, 6) is -0.282. The van der Waals surface area contributed by atoms with E-state index in [0.717, 1.165) is 5.56 Å². The van der Waals surface area contributed by atoms with E-state index in [2.05, 4.69) is 5.32 Å². The number of amides is 3. The first-order valence-corrected chi connectivity index (χ1v) is 10.0. The average Bonchev–Trinajstić information content (AvgIpc) is 2.88. The number of halogens is 3. The molecule has 1 aliphatic heterocycles. The normalized spacial score (nSPS) is 16.2. The third-order valence-electron chi connectivity index (χ3n) is 5.19. The molecule has 1 heterocycles. The van der Waals surface area contributed by atoms with Gasteiger partial charge in [-0.15, -0.1) is 0 Å². The number of rotatable bonds is 4. The first kappa shape index (κ1) is 23.4. The summed E-state index contributed by atoms with van der Waals surface area (Å²) in [4.78, 5) is 29.2. The molecule has 1 aliphatic rings. The number of hydrogen-bond donors (Lipinski definition) is 2. The molecular formula is C22H25F3N4O3. The number of ether oxygens (including phenoxy) is 1. The largest absolute Gasteiger partial charge is 0.484 e. The Labute approximate surface area is 183 Å². The lowest BCUT2D eigenvalue weighted by Gasteiger charge is -2.29. The molecule has 0 aliphatic carbocycles. The smallest absolute Gasteiger partial charge is 0.422 e. The van der Waals surface area contributed by atoms with Crippen LogP contribution in [0.2, 0.25) is 0 Å². The van der Waals surface area contributed by atoms with Crippen molar-refractivity contribution < 1.29 is 27.5 Å². The summed E-state index contributed by atoms with van der Waals surface area (Å²) in [5.41, 5.74) is 7.73. The molecule has 3 amide bonds. The summed E-state index contributed by atoms with van der Waals surface area (Å²) in [5, 5.41) is 2.59. The van der Waals surface area contributed by atoms with Gasteiger partial charge >= 0.3 is 12.2 Å². The Morgan fingerprint density at radius 1 is 1.22 bits per heavy atom. The molecule has 0 unspecified atom stereocenters. The molecule has 10 heteroatoms. The van der Waals surface area contributed by atoms with Crippen molar-refractivity contribution in [2.45, 2.75) is 32.6 Å². The van der Waals surface area contributed by atoms with Gasteiger partial charge in [0, 0.05) is 30.4 Å². The molecule has 0 bridgehead atoms. The van der Waals surface area contributed by atoms with E-state index in [4.69, 9.17) is 10.5 Å². The van der Waals surface area contributed by atoms with E-state index in [1.54, 1.807) is 28.9 Å². The zero-order valence-corrected chi connectivity index (χ0v) is 17.8. The van der Waals surface area contributed by atoms with E-state index < -0.39 is 12.8 Å². The molecule has 0 radical (unpaired) electrons. The van der Waals surface area contributed by atoms with Crippen LogP contribution in [0.4, 0.5) is 23.7 Å². The number of nitrogens with zero attached hydrogens (tertiary/aromatic N) is 2. The molecule has 32 heavy (non-hydrogen) atoms. The van der Waals surface area contributed by atoms with E-state index >= 15 is 0 Å². The minimum Gasteiger partial charge on any atom is -0.484 e. The number of carbonyl (C=O) groups excluding carboxylic acids is 2. The van der Waals surface area contributed by atoms with Crippen molar-refractivity contribution in [3.05, 3.63) is 59.2 Å². The van der Waals surface area contributed by atoms with Crippen molar-refractivity contribution in [2.75, 3.05) is 24.7 Å². The summed E-state index contributed by atoms with van der Waals surface area (Å²) >= 11 is 0. The second-order valence-corrected chi connectivity index (χ2v) is 7.59. The number of benzene rings is 2. The highest BCUT2D eigenvalue weighted by molar-refractivity contribution is 6.07. The van der Waals surface area contributed by atoms with E-state index in [1.165, 1.54) is 18.2 Å². The van der Waals surface area contributed by atoms with Crippen molar-refractivity contribution in [3.63, 3.8) is 0 Å². The molecule has 1 atom stereocenters. The van der Waals surface area contributed by atoms with Gasteiger partial charge in [-0.1, -0.05) is 18.2 Å². The topological polar surface area (TPSA) is 87.9 Å². The van der Waals surface area contributed by atoms with Crippen molar-refractivity contribution in [2.24, 2.45) is 5.73 Å². The summed E-state index contributed by atoms with van der Waals surface area (Å²) < 4.78 is 42.0. The molecule has 3 N–H and O–H groups in total. The number of carbonyl (C=O) groups is 2. The Morgan fingerprint density at radius 3 is 2.59 bits per heavy atom. The van der Waals surface area contributed by atoms with Crippen molar-refractivity contribution in [1.29, 1.82) is 0 Å². The quantitative estimate of drug-likeness (QED) is 0.699. The zero-order valence-electron chi connectivity index (χ0n) is 17.8. The second kappa shape index (κ2) is 9.47. The summed E-state index contributed by atoms with van der Waals surface area (Å²) in [6.45, 7) is 2.60. The number of fused-ring (bicyclic) bond motifs is 1. The Bertz CT molecular complexity index is 997. The zero-order chi connectivity index (χ0) is 23.5. The molecule has 0 saturated heterocycles. The van der Waals surface area contributed by atoms with Gasteiger partial charge in [0.2, 0.25) is 0 Å². The highest BCUT2D eigenvalue weighted by Gasteiger charge is 2.32. The van der Waals surface area contributed by atoms with Crippen LogP contribution in [0.1, 0.15) is 28.4 Å². The number of nitrogens with two attached hydrogens (primary N) is 1. The van der Waals surface area contributed by atoms with Crippen LogP contribution >= 0.6 is 0 Å². The molecule has 172 valence electrons. The van der Waals surface area contributed by atoms with Crippen LogP contribution in [-0.4, -0.2) is 48.9 Å². The minimum atomic E-state index is -4.45.